The summed E-state index contributed by atoms with van der Waals surface area (Å²) in [5.41, 5.74) is 3.23. The zero-order valence-electron chi connectivity index (χ0n) is 16.3. The van der Waals surface area contributed by atoms with E-state index in [2.05, 4.69) is 15.0 Å². The number of aryl methyl sites for hydroxylation is 1. The van der Waals surface area contributed by atoms with Gasteiger partial charge in [0.1, 0.15) is 17.2 Å². The summed E-state index contributed by atoms with van der Waals surface area (Å²) in [6.45, 7) is 0.472. The third-order valence-electron chi connectivity index (χ3n) is 4.51. The van der Waals surface area contributed by atoms with Crippen LogP contribution in [0.25, 0.3) is 16.9 Å². The number of nitrogens with one attached hydrogen (secondary N) is 1. The van der Waals surface area contributed by atoms with Crippen LogP contribution in [0.15, 0.2) is 67.0 Å². The molecule has 31 heavy (non-hydrogen) atoms. The van der Waals surface area contributed by atoms with E-state index in [1.807, 2.05) is 49.4 Å². The van der Waals surface area contributed by atoms with Crippen LogP contribution in [0, 0.1) is 6.92 Å². The summed E-state index contributed by atoms with van der Waals surface area (Å²) in [7, 11) is 0. The van der Waals surface area contributed by atoms with Crippen molar-refractivity contribution in [2.24, 2.45) is 0 Å². The van der Waals surface area contributed by atoms with Gasteiger partial charge in [0.15, 0.2) is 6.61 Å². The number of amides is 1. The maximum absolute atomic E-state index is 12.8. The molecule has 1 amide bonds. The fourth-order valence-electron chi connectivity index (χ4n) is 3.06. The lowest BCUT2D eigenvalue weighted by atomic mass is 10.1. The van der Waals surface area contributed by atoms with Crippen LogP contribution in [-0.4, -0.2) is 33.1 Å². The maximum atomic E-state index is 12.8. The second kappa shape index (κ2) is 8.10. The number of nitrogens with zero attached hydrogens (tertiary/aromatic N) is 3. The Balaban J connectivity index is 1.64. The first-order valence-electron chi connectivity index (χ1n) is 9.32. The number of alkyl halides is 3. The molecule has 0 aliphatic heterocycles. The Bertz CT molecular complexity index is 1220. The monoisotopic (exact) mass is 426 g/mol. The minimum Gasteiger partial charge on any atom is -0.468 e. The van der Waals surface area contributed by atoms with Gasteiger partial charge < -0.3 is 10.1 Å². The number of anilines is 1. The fourth-order valence-corrected chi connectivity index (χ4v) is 3.06. The van der Waals surface area contributed by atoms with Gasteiger partial charge in [-0.3, -0.25) is 9.20 Å². The number of hydrogen-bond acceptors (Lipinski definition) is 4. The standard InChI is InChI=1S/C22H17F3N4O2/c1-14-6-5-11-29-19(14)27-18(15-7-3-2-4-8-15)20(29)28-21(30)16-9-10-17(26-12-16)31-13-22(23,24)25/h2-12H,13H2,1H3,(H,28,30). The number of imidazole rings is 1. The van der Waals surface area contributed by atoms with Crippen LogP contribution in [0.5, 0.6) is 5.88 Å². The number of rotatable bonds is 5. The predicted octanol–water partition coefficient (Wildman–Crippen LogP) is 4.90. The van der Waals surface area contributed by atoms with Crippen molar-refractivity contribution in [3.8, 4) is 17.1 Å². The molecule has 158 valence electrons. The van der Waals surface area contributed by atoms with Crippen LogP contribution in [0.2, 0.25) is 0 Å². The van der Waals surface area contributed by atoms with Crippen molar-refractivity contribution in [2.75, 3.05) is 11.9 Å². The molecular formula is C22H17F3N4O2. The molecule has 4 aromatic rings. The number of carbonyl (C=O) groups is 1. The lowest BCUT2D eigenvalue weighted by molar-refractivity contribution is -0.154. The number of aromatic nitrogens is 3. The highest BCUT2D eigenvalue weighted by Crippen LogP contribution is 2.30. The third-order valence-corrected chi connectivity index (χ3v) is 4.51. The molecule has 3 aromatic heterocycles. The minimum absolute atomic E-state index is 0.168. The van der Waals surface area contributed by atoms with E-state index in [9.17, 15) is 18.0 Å². The number of carbonyl (C=O) groups excluding carboxylic acids is 1. The molecule has 6 nitrogen and oxygen atoms in total. The molecule has 0 unspecified atom stereocenters. The molecule has 0 atom stereocenters. The van der Waals surface area contributed by atoms with Crippen LogP contribution in [0.4, 0.5) is 19.0 Å². The summed E-state index contributed by atoms with van der Waals surface area (Å²) in [6.07, 6.45) is -1.51. The SMILES string of the molecule is Cc1cccn2c(NC(=O)c3ccc(OCC(F)(F)F)nc3)c(-c3ccccc3)nc12. The molecule has 0 bridgehead atoms. The average molecular weight is 426 g/mol. The summed E-state index contributed by atoms with van der Waals surface area (Å²) < 4.78 is 43.2. The molecule has 0 radical (unpaired) electrons. The normalized spacial score (nSPS) is 11.5. The molecule has 0 fully saturated rings. The van der Waals surface area contributed by atoms with Gasteiger partial charge in [-0.25, -0.2) is 9.97 Å². The Kier molecular flexibility index (Phi) is 5.33. The van der Waals surface area contributed by atoms with E-state index in [-0.39, 0.29) is 11.4 Å². The molecular weight excluding hydrogens is 409 g/mol. The summed E-state index contributed by atoms with van der Waals surface area (Å²) >= 11 is 0. The number of ether oxygens (including phenoxy) is 1. The van der Waals surface area contributed by atoms with Crippen molar-refractivity contribution in [3.63, 3.8) is 0 Å². The molecule has 0 spiro atoms. The van der Waals surface area contributed by atoms with Crippen molar-refractivity contribution in [2.45, 2.75) is 13.1 Å². The van der Waals surface area contributed by atoms with Gasteiger partial charge in [0.25, 0.3) is 5.91 Å². The first-order chi connectivity index (χ1) is 14.8. The van der Waals surface area contributed by atoms with Gasteiger partial charge >= 0.3 is 6.18 Å². The van der Waals surface area contributed by atoms with Gasteiger partial charge in [0.2, 0.25) is 5.88 Å². The number of fused-ring (bicyclic) bond motifs is 1. The highest BCUT2D eigenvalue weighted by Gasteiger charge is 2.28. The quantitative estimate of drug-likeness (QED) is 0.493. The van der Waals surface area contributed by atoms with E-state index < -0.39 is 18.7 Å². The van der Waals surface area contributed by atoms with Crippen LogP contribution < -0.4 is 10.1 Å². The zero-order chi connectivity index (χ0) is 22.0. The molecule has 1 aromatic carbocycles. The van der Waals surface area contributed by atoms with Crippen molar-refractivity contribution < 1.29 is 22.7 Å². The second-order valence-corrected chi connectivity index (χ2v) is 6.80. The van der Waals surface area contributed by atoms with Crippen molar-refractivity contribution >= 4 is 17.4 Å². The number of pyridine rings is 2. The van der Waals surface area contributed by atoms with E-state index in [1.165, 1.54) is 12.1 Å². The van der Waals surface area contributed by atoms with Crippen LogP contribution >= 0.6 is 0 Å². The van der Waals surface area contributed by atoms with Gasteiger partial charge in [-0.1, -0.05) is 36.4 Å². The molecule has 4 rings (SSSR count). The molecule has 0 saturated heterocycles. The second-order valence-electron chi connectivity index (χ2n) is 6.80. The molecule has 0 aliphatic rings. The summed E-state index contributed by atoms with van der Waals surface area (Å²) in [5, 5.41) is 2.85. The third kappa shape index (κ3) is 4.50. The van der Waals surface area contributed by atoms with Gasteiger partial charge in [-0.05, 0) is 24.6 Å². The summed E-state index contributed by atoms with van der Waals surface area (Å²) in [4.78, 5) is 21.3. The number of hydrogen-bond donors (Lipinski definition) is 1. The van der Waals surface area contributed by atoms with E-state index in [0.29, 0.717) is 17.2 Å². The molecule has 3 heterocycles. The number of halogens is 3. The first-order valence-corrected chi connectivity index (χ1v) is 9.32. The Labute approximate surface area is 175 Å². The zero-order valence-corrected chi connectivity index (χ0v) is 16.3. The van der Waals surface area contributed by atoms with Crippen LogP contribution in [-0.2, 0) is 0 Å². The molecule has 9 heteroatoms. The van der Waals surface area contributed by atoms with Crippen LogP contribution in [0.1, 0.15) is 15.9 Å². The van der Waals surface area contributed by atoms with Crippen LogP contribution in [0.3, 0.4) is 0 Å². The molecule has 1 N–H and O–H groups in total. The van der Waals surface area contributed by atoms with Gasteiger partial charge in [-0.15, -0.1) is 0 Å². The van der Waals surface area contributed by atoms with Gasteiger partial charge in [0, 0.05) is 24.0 Å². The smallest absolute Gasteiger partial charge is 0.422 e. The van der Waals surface area contributed by atoms with E-state index >= 15 is 0 Å². The summed E-state index contributed by atoms with van der Waals surface area (Å²) in [6, 6.07) is 15.8. The Morgan fingerprint density at radius 3 is 2.55 bits per heavy atom. The Hall–Kier alpha value is -3.88. The van der Waals surface area contributed by atoms with E-state index in [1.54, 1.807) is 10.6 Å². The average Bonchev–Trinajstić information content (AvgIpc) is 3.12. The topological polar surface area (TPSA) is 68.5 Å². The van der Waals surface area contributed by atoms with Gasteiger partial charge in [-0.2, -0.15) is 13.2 Å². The van der Waals surface area contributed by atoms with Gasteiger partial charge in [0.05, 0.1) is 5.56 Å². The molecule has 0 saturated carbocycles. The maximum Gasteiger partial charge on any atom is 0.422 e. The highest BCUT2D eigenvalue weighted by molar-refractivity contribution is 6.05. The Morgan fingerprint density at radius 1 is 1.10 bits per heavy atom. The predicted molar refractivity (Wildman–Crippen MR) is 109 cm³/mol. The minimum atomic E-state index is -4.47. The first kappa shape index (κ1) is 20.4. The number of benzene rings is 1. The van der Waals surface area contributed by atoms with E-state index in [4.69, 9.17) is 4.98 Å². The molecule has 0 aliphatic carbocycles. The van der Waals surface area contributed by atoms with Crippen molar-refractivity contribution in [1.82, 2.24) is 14.4 Å². The summed E-state index contributed by atoms with van der Waals surface area (Å²) in [5.74, 6) is -0.216. The highest BCUT2D eigenvalue weighted by atomic mass is 19.4. The van der Waals surface area contributed by atoms with Crippen molar-refractivity contribution in [3.05, 3.63) is 78.1 Å². The van der Waals surface area contributed by atoms with E-state index in [0.717, 1.165) is 17.3 Å². The fraction of sp³-hybridized carbons (Fsp3) is 0.136. The largest absolute Gasteiger partial charge is 0.468 e. The Morgan fingerprint density at radius 2 is 1.87 bits per heavy atom. The van der Waals surface area contributed by atoms with Crippen molar-refractivity contribution in [1.29, 1.82) is 0 Å². The lowest BCUT2D eigenvalue weighted by Gasteiger charge is -2.10. The lowest BCUT2D eigenvalue weighted by Crippen LogP contribution is -2.20.